The Balaban J connectivity index is 1.82. The molecule has 2 aromatic carbocycles. The fourth-order valence-electron chi connectivity index (χ4n) is 2.81. The van der Waals surface area contributed by atoms with Gasteiger partial charge in [0.05, 0.1) is 28.3 Å². The Kier molecular flexibility index (Phi) is 7.68. The topological polar surface area (TPSA) is 97.8 Å². The summed E-state index contributed by atoms with van der Waals surface area (Å²) in [6.45, 7) is 0.754. The summed E-state index contributed by atoms with van der Waals surface area (Å²) in [5.74, 6) is -0.907. The molecule has 8 nitrogen and oxygen atoms in total. The number of nitrogens with zero attached hydrogens (tertiary/aromatic N) is 2. The van der Waals surface area contributed by atoms with E-state index in [1.165, 1.54) is 61.0 Å². The standard InChI is InChI=1S/C20H22FN3O5S2/c1-28-10-8-24(9-11-29-2)31(26,27)16-5-3-4-14(12-16)19(25)23-20-22-17-7-6-15(21)13-18(17)30-20/h3-7,12-13H,8-11H2,1-2H3,(H,22,23,25). The number of anilines is 1. The number of carbonyl (C=O) groups excluding carboxylic acids is 1. The molecule has 1 amide bonds. The number of nitrogens with one attached hydrogen (secondary N) is 1. The van der Waals surface area contributed by atoms with Crippen LogP contribution in [0.2, 0.25) is 0 Å². The summed E-state index contributed by atoms with van der Waals surface area (Å²) in [5, 5.41) is 2.93. The minimum atomic E-state index is -3.86. The van der Waals surface area contributed by atoms with Crippen molar-refractivity contribution >= 4 is 42.6 Å². The molecule has 0 saturated carbocycles. The molecule has 1 N–H and O–H groups in total. The molecule has 3 aromatic rings. The number of benzene rings is 2. The number of halogens is 1. The first-order valence-corrected chi connectivity index (χ1v) is 11.6. The Morgan fingerprint density at radius 1 is 1.13 bits per heavy atom. The van der Waals surface area contributed by atoms with Crippen LogP contribution in [0.1, 0.15) is 10.4 Å². The minimum Gasteiger partial charge on any atom is -0.383 e. The molecule has 0 fully saturated rings. The summed E-state index contributed by atoms with van der Waals surface area (Å²) in [4.78, 5) is 16.9. The van der Waals surface area contributed by atoms with Gasteiger partial charge >= 0.3 is 0 Å². The molecule has 1 aromatic heterocycles. The van der Waals surface area contributed by atoms with E-state index in [0.29, 0.717) is 15.3 Å². The van der Waals surface area contributed by atoms with Gasteiger partial charge in [0.1, 0.15) is 5.82 Å². The maximum absolute atomic E-state index is 13.4. The molecule has 0 radical (unpaired) electrons. The second-order valence-electron chi connectivity index (χ2n) is 6.50. The smallest absolute Gasteiger partial charge is 0.257 e. The van der Waals surface area contributed by atoms with Crippen LogP contribution in [0.15, 0.2) is 47.4 Å². The van der Waals surface area contributed by atoms with E-state index >= 15 is 0 Å². The van der Waals surface area contributed by atoms with E-state index in [2.05, 4.69) is 10.3 Å². The van der Waals surface area contributed by atoms with Gasteiger partial charge in [-0.1, -0.05) is 17.4 Å². The molecule has 31 heavy (non-hydrogen) atoms. The molecule has 166 valence electrons. The second kappa shape index (κ2) is 10.2. The zero-order valence-corrected chi connectivity index (χ0v) is 18.6. The Morgan fingerprint density at radius 2 is 1.84 bits per heavy atom. The lowest BCUT2D eigenvalue weighted by atomic mass is 10.2. The molecule has 0 unspecified atom stereocenters. The van der Waals surface area contributed by atoms with E-state index in [4.69, 9.17) is 9.47 Å². The van der Waals surface area contributed by atoms with Gasteiger partial charge in [0.15, 0.2) is 5.13 Å². The number of ether oxygens (including phenoxy) is 2. The third-order valence-electron chi connectivity index (χ3n) is 4.39. The van der Waals surface area contributed by atoms with Crippen LogP contribution in [0.4, 0.5) is 9.52 Å². The Labute approximate surface area is 183 Å². The van der Waals surface area contributed by atoms with Gasteiger partial charge in [-0.15, -0.1) is 0 Å². The summed E-state index contributed by atoms with van der Waals surface area (Å²) in [6, 6.07) is 9.91. The van der Waals surface area contributed by atoms with E-state index < -0.39 is 21.7 Å². The van der Waals surface area contributed by atoms with E-state index in [9.17, 15) is 17.6 Å². The second-order valence-corrected chi connectivity index (χ2v) is 9.47. The number of rotatable bonds is 10. The summed E-state index contributed by atoms with van der Waals surface area (Å²) in [7, 11) is -0.884. The van der Waals surface area contributed by atoms with E-state index in [1.807, 2.05) is 0 Å². The highest BCUT2D eigenvalue weighted by atomic mass is 32.2. The van der Waals surface area contributed by atoms with Gasteiger partial charge < -0.3 is 9.47 Å². The molecule has 0 spiro atoms. The fraction of sp³-hybridized carbons (Fsp3) is 0.300. The summed E-state index contributed by atoms with van der Waals surface area (Å²) in [5.41, 5.74) is 0.718. The van der Waals surface area contributed by atoms with Crippen molar-refractivity contribution in [1.82, 2.24) is 9.29 Å². The van der Waals surface area contributed by atoms with Crippen molar-refractivity contribution in [2.24, 2.45) is 0 Å². The lowest BCUT2D eigenvalue weighted by Gasteiger charge is -2.21. The van der Waals surface area contributed by atoms with Crippen molar-refractivity contribution in [2.75, 3.05) is 45.8 Å². The number of thiazole rings is 1. The SMILES string of the molecule is COCCN(CCOC)S(=O)(=O)c1cccc(C(=O)Nc2nc3ccc(F)cc3s2)c1. The van der Waals surface area contributed by atoms with Gasteiger partial charge in [0, 0.05) is 32.9 Å². The van der Waals surface area contributed by atoms with Gasteiger partial charge in [0.25, 0.3) is 5.91 Å². The van der Waals surface area contributed by atoms with E-state index in [0.717, 1.165) is 11.3 Å². The molecular formula is C20H22FN3O5S2. The average molecular weight is 468 g/mol. The largest absolute Gasteiger partial charge is 0.383 e. The van der Waals surface area contributed by atoms with Gasteiger partial charge in [-0.3, -0.25) is 10.1 Å². The van der Waals surface area contributed by atoms with Gasteiger partial charge in [0.2, 0.25) is 10.0 Å². The maximum Gasteiger partial charge on any atom is 0.257 e. The third-order valence-corrected chi connectivity index (χ3v) is 7.22. The zero-order valence-electron chi connectivity index (χ0n) is 17.0. The molecule has 0 aliphatic heterocycles. The quantitative estimate of drug-likeness (QED) is 0.492. The molecule has 1 heterocycles. The number of sulfonamides is 1. The number of carbonyl (C=O) groups is 1. The average Bonchev–Trinajstić information content (AvgIpc) is 3.15. The van der Waals surface area contributed by atoms with Crippen molar-refractivity contribution in [3.05, 3.63) is 53.8 Å². The van der Waals surface area contributed by atoms with Crippen LogP contribution in [0.3, 0.4) is 0 Å². The van der Waals surface area contributed by atoms with Gasteiger partial charge in [-0.2, -0.15) is 4.31 Å². The molecule has 0 aliphatic rings. The molecule has 3 rings (SSSR count). The number of aromatic nitrogens is 1. The normalized spacial score (nSPS) is 11.9. The Morgan fingerprint density at radius 3 is 2.52 bits per heavy atom. The van der Waals surface area contributed by atoms with Crippen molar-refractivity contribution < 1.29 is 27.1 Å². The maximum atomic E-state index is 13.4. The van der Waals surface area contributed by atoms with E-state index in [1.54, 1.807) is 0 Å². The monoisotopic (exact) mass is 467 g/mol. The van der Waals surface area contributed by atoms with Crippen LogP contribution in [-0.4, -0.2) is 64.1 Å². The first-order valence-electron chi connectivity index (χ1n) is 9.30. The fourth-order valence-corrected chi connectivity index (χ4v) is 5.15. The highest BCUT2D eigenvalue weighted by molar-refractivity contribution is 7.89. The number of hydrogen-bond acceptors (Lipinski definition) is 7. The van der Waals surface area contributed by atoms with Crippen molar-refractivity contribution in [3.8, 4) is 0 Å². The van der Waals surface area contributed by atoms with Crippen molar-refractivity contribution in [1.29, 1.82) is 0 Å². The molecular weight excluding hydrogens is 445 g/mol. The predicted octanol–water partition coefficient (Wildman–Crippen LogP) is 2.97. The number of amides is 1. The Bertz CT molecular complexity index is 1160. The van der Waals surface area contributed by atoms with Crippen LogP contribution in [0, 0.1) is 5.82 Å². The summed E-state index contributed by atoms with van der Waals surface area (Å²) >= 11 is 1.13. The first-order chi connectivity index (χ1) is 14.8. The summed E-state index contributed by atoms with van der Waals surface area (Å²) in [6.07, 6.45) is 0. The molecule has 0 saturated heterocycles. The molecule has 11 heteroatoms. The van der Waals surface area contributed by atoms with Crippen LogP contribution >= 0.6 is 11.3 Å². The lowest BCUT2D eigenvalue weighted by Crippen LogP contribution is -2.36. The highest BCUT2D eigenvalue weighted by Crippen LogP contribution is 2.27. The predicted molar refractivity (Wildman–Crippen MR) is 116 cm³/mol. The molecule has 0 bridgehead atoms. The first kappa shape index (κ1) is 23.2. The minimum absolute atomic E-state index is 0.0151. The lowest BCUT2D eigenvalue weighted by molar-refractivity contribution is 0.102. The van der Waals surface area contributed by atoms with Gasteiger partial charge in [-0.05, 0) is 36.4 Å². The van der Waals surface area contributed by atoms with Crippen molar-refractivity contribution in [3.63, 3.8) is 0 Å². The molecule has 0 atom stereocenters. The van der Waals surface area contributed by atoms with E-state index in [-0.39, 0.29) is 36.8 Å². The Hall–Kier alpha value is -2.44. The van der Waals surface area contributed by atoms with Crippen LogP contribution < -0.4 is 5.32 Å². The van der Waals surface area contributed by atoms with Crippen LogP contribution in [-0.2, 0) is 19.5 Å². The third kappa shape index (κ3) is 5.63. The van der Waals surface area contributed by atoms with Gasteiger partial charge in [-0.25, -0.2) is 17.8 Å². The van der Waals surface area contributed by atoms with Crippen LogP contribution in [0.5, 0.6) is 0 Å². The molecule has 0 aliphatic carbocycles. The van der Waals surface area contributed by atoms with Crippen molar-refractivity contribution in [2.45, 2.75) is 4.90 Å². The number of fused-ring (bicyclic) bond motifs is 1. The number of methoxy groups -OCH3 is 2. The summed E-state index contributed by atoms with van der Waals surface area (Å²) < 4.78 is 51.3. The zero-order chi connectivity index (χ0) is 22.4. The number of hydrogen-bond donors (Lipinski definition) is 1. The highest BCUT2D eigenvalue weighted by Gasteiger charge is 2.25. The van der Waals surface area contributed by atoms with Crippen LogP contribution in [0.25, 0.3) is 10.2 Å².